The fraction of sp³-hybridized carbons (Fsp3) is 0.381. The first-order chi connectivity index (χ1) is 14.2. The highest BCUT2D eigenvalue weighted by atomic mass is 16.5. The minimum absolute atomic E-state index is 0.00281. The van der Waals surface area contributed by atoms with Gasteiger partial charge in [0.2, 0.25) is 5.95 Å². The van der Waals surface area contributed by atoms with Crippen LogP contribution in [0.2, 0.25) is 0 Å². The molecule has 152 valence electrons. The van der Waals surface area contributed by atoms with Gasteiger partial charge in [-0.25, -0.2) is 4.98 Å². The zero-order valence-corrected chi connectivity index (χ0v) is 16.8. The second-order valence-corrected chi connectivity index (χ2v) is 6.66. The Morgan fingerprint density at radius 1 is 1.24 bits per heavy atom. The Morgan fingerprint density at radius 3 is 2.86 bits per heavy atom. The number of hydrogen-bond acceptors (Lipinski definition) is 7. The van der Waals surface area contributed by atoms with Crippen LogP contribution in [-0.2, 0) is 6.54 Å². The monoisotopic (exact) mass is 394 g/mol. The first kappa shape index (κ1) is 20.3. The number of nitriles is 1. The molecule has 0 aliphatic heterocycles. The molecule has 0 fully saturated rings. The van der Waals surface area contributed by atoms with Gasteiger partial charge < -0.3 is 25.1 Å². The lowest BCUT2D eigenvalue weighted by molar-refractivity contribution is 0.364. The molecule has 0 saturated heterocycles. The van der Waals surface area contributed by atoms with Crippen LogP contribution in [0.3, 0.4) is 0 Å². The molecule has 3 rings (SSSR count). The van der Waals surface area contributed by atoms with E-state index in [0.29, 0.717) is 12.3 Å². The Balaban J connectivity index is 1.93. The van der Waals surface area contributed by atoms with Crippen molar-refractivity contribution in [1.29, 1.82) is 5.26 Å². The maximum Gasteiger partial charge on any atom is 0.222 e. The molecule has 3 aromatic rings. The van der Waals surface area contributed by atoms with Crippen molar-refractivity contribution in [3.05, 3.63) is 36.0 Å². The third-order valence-corrected chi connectivity index (χ3v) is 4.60. The summed E-state index contributed by atoms with van der Waals surface area (Å²) in [7, 11) is 1.63. The number of methoxy groups -OCH3 is 1. The van der Waals surface area contributed by atoms with Crippen LogP contribution in [0.1, 0.15) is 31.7 Å². The van der Waals surface area contributed by atoms with Crippen molar-refractivity contribution in [2.45, 2.75) is 32.7 Å². The molecule has 29 heavy (non-hydrogen) atoms. The number of nitrogens with zero attached hydrogens (tertiary/aromatic N) is 4. The molecule has 0 spiro atoms. The molecule has 8 nitrogen and oxygen atoms in total. The Kier molecular flexibility index (Phi) is 6.74. The zero-order valence-electron chi connectivity index (χ0n) is 16.8. The smallest absolute Gasteiger partial charge is 0.222 e. The van der Waals surface area contributed by atoms with Gasteiger partial charge in [0, 0.05) is 18.3 Å². The van der Waals surface area contributed by atoms with Crippen LogP contribution in [0.15, 0.2) is 30.5 Å². The quantitative estimate of drug-likeness (QED) is 0.506. The molecule has 0 radical (unpaired) electrons. The van der Waals surface area contributed by atoms with Crippen molar-refractivity contribution in [3.63, 3.8) is 0 Å². The van der Waals surface area contributed by atoms with Gasteiger partial charge in [0.1, 0.15) is 23.1 Å². The second-order valence-electron chi connectivity index (χ2n) is 6.66. The number of rotatable bonds is 10. The summed E-state index contributed by atoms with van der Waals surface area (Å²) in [5.41, 5.74) is 8.49. The van der Waals surface area contributed by atoms with E-state index < -0.39 is 0 Å². The molecule has 0 unspecified atom stereocenters. The summed E-state index contributed by atoms with van der Waals surface area (Å²) in [5.74, 6) is 2.34. The van der Waals surface area contributed by atoms with Crippen molar-refractivity contribution in [1.82, 2.24) is 14.5 Å². The summed E-state index contributed by atoms with van der Waals surface area (Å²) >= 11 is 0. The van der Waals surface area contributed by atoms with Gasteiger partial charge in [-0.15, -0.1) is 0 Å². The van der Waals surface area contributed by atoms with Crippen LogP contribution in [0.4, 0.5) is 11.8 Å². The third-order valence-electron chi connectivity index (χ3n) is 4.60. The maximum absolute atomic E-state index is 8.75. The van der Waals surface area contributed by atoms with E-state index in [-0.39, 0.29) is 12.6 Å². The number of benzene rings is 1. The number of ether oxygens (including phenoxy) is 2. The average molecular weight is 394 g/mol. The summed E-state index contributed by atoms with van der Waals surface area (Å²) in [5, 5.41) is 12.1. The standard InChI is InChI=1S/C21H26N6O2/c1-3-4-5-10-24-20-19-17(25-21(23)26-20)8-11-27(19)14-15-13-16(29-12-9-22)6-7-18(15)28-2/h6-8,11,13H,3-5,10,12,14H2,1-2H3,(H3,23,24,25,26). The van der Waals surface area contributed by atoms with Crippen LogP contribution >= 0.6 is 0 Å². The third kappa shape index (κ3) is 4.88. The van der Waals surface area contributed by atoms with Crippen molar-refractivity contribution in [2.75, 3.05) is 31.3 Å². The van der Waals surface area contributed by atoms with E-state index in [1.807, 2.05) is 30.5 Å². The van der Waals surface area contributed by atoms with E-state index in [9.17, 15) is 0 Å². The van der Waals surface area contributed by atoms with Crippen molar-refractivity contribution in [3.8, 4) is 17.6 Å². The molecule has 0 saturated carbocycles. The minimum Gasteiger partial charge on any atom is -0.496 e. The molecule has 2 aromatic heterocycles. The van der Waals surface area contributed by atoms with E-state index in [0.717, 1.165) is 54.0 Å². The summed E-state index contributed by atoms with van der Waals surface area (Å²) in [6.45, 7) is 3.53. The fourth-order valence-corrected chi connectivity index (χ4v) is 3.23. The molecular formula is C21H26N6O2. The maximum atomic E-state index is 8.75. The van der Waals surface area contributed by atoms with Crippen molar-refractivity contribution in [2.24, 2.45) is 0 Å². The number of fused-ring (bicyclic) bond motifs is 1. The molecule has 8 heteroatoms. The topological polar surface area (TPSA) is 111 Å². The van der Waals surface area contributed by atoms with Gasteiger partial charge in [-0.3, -0.25) is 0 Å². The Labute approximate surface area is 170 Å². The molecule has 0 atom stereocenters. The summed E-state index contributed by atoms with van der Waals surface area (Å²) < 4.78 is 13.0. The average Bonchev–Trinajstić information content (AvgIpc) is 3.12. The first-order valence-corrected chi connectivity index (χ1v) is 9.69. The summed E-state index contributed by atoms with van der Waals surface area (Å²) in [6.07, 6.45) is 5.33. The number of nitrogens with two attached hydrogens (primary N) is 1. The lowest BCUT2D eigenvalue weighted by atomic mass is 10.2. The molecule has 0 aliphatic rings. The highest BCUT2D eigenvalue weighted by Crippen LogP contribution is 2.28. The molecule has 0 bridgehead atoms. The summed E-state index contributed by atoms with van der Waals surface area (Å²) in [6, 6.07) is 9.42. The molecule has 1 aromatic carbocycles. The van der Waals surface area contributed by atoms with Gasteiger partial charge in [0.25, 0.3) is 0 Å². The predicted octanol–water partition coefficient (Wildman–Crippen LogP) is 3.57. The van der Waals surface area contributed by atoms with Crippen molar-refractivity contribution < 1.29 is 9.47 Å². The van der Waals surface area contributed by atoms with Crippen LogP contribution in [0, 0.1) is 11.3 Å². The summed E-state index contributed by atoms with van der Waals surface area (Å²) in [4.78, 5) is 8.77. The van der Waals surface area contributed by atoms with Gasteiger partial charge in [-0.2, -0.15) is 10.2 Å². The van der Waals surface area contributed by atoms with Gasteiger partial charge >= 0.3 is 0 Å². The van der Waals surface area contributed by atoms with E-state index >= 15 is 0 Å². The number of anilines is 2. The highest BCUT2D eigenvalue weighted by molar-refractivity contribution is 5.87. The largest absolute Gasteiger partial charge is 0.496 e. The lowest BCUT2D eigenvalue weighted by Crippen LogP contribution is -2.09. The normalized spacial score (nSPS) is 10.7. The van der Waals surface area contributed by atoms with Gasteiger partial charge in [0.05, 0.1) is 19.2 Å². The van der Waals surface area contributed by atoms with Gasteiger partial charge in [-0.05, 0) is 30.7 Å². The van der Waals surface area contributed by atoms with E-state index in [2.05, 4.69) is 26.8 Å². The molecular weight excluding hydrogens is 368 g/mol. The molecule has 2 heterocycles. The van der Waals surface area contributed by atoms with Crippen molar-refractivity contribution >= 4 is 22.8 Å². The Morgan fingerprint density at radius 2 is 2.10 bits per heavy atom. The van der Waals surface area contributed by atoms with Crippen LogP contribution in [0.25, 0.3) is 11.0 Å². The van der Waals surface area contributed by atoms with E-state index in [4.69, 9.17) is 20.5 Å². The lowest BCUT2D eigenvalue weighted by Gasteiger charge is -2.14. The minimum atomic E-state index is -0.00281. The van der Waals surface area contributed by atoms with Crippen LogP contribution in [-0.4, -0.2) is 34.8 Å². The van der Waals surface area contributed by atoms with E-state index in [1.54, 1.807) is 13.2 Å². The van der Waals surface area contributed by atoms with Gasteiger partial charge in [0.15, 0.2) is 12.4 Å². The Bertz CT molecular complexity index is 1010. The van der Waals surface area contributed by atoms with E-state index in [1.165, 1.54) is 0 Å². The number of hydrogen-bond donors (Lipinski definition) is 2. The predicted molar refractivity (Wildman–Crippen MR) is 113 cm³/mol. The van der Waals surface area contributed by atoms with Crippen LogP contribution in [0.5, 0.6) is 11.5 Å². The molecule has 0 aliphatic carbocycles. The van der Waals surface area contributed by atoms with Crippen LogP contribution < -0.4 is 20.5 Å². The Hall–Kier alpha value is -3.47. The number of nitrogen functional groups attached to an aromatic ring is 1. The highest BCUT2D eigenvalue weighted by Gasteiger charge is 2.14. The van der Waals surface area contributed by atoms with Gasteiger partial charge in [-0.1, -0.05) is 19.8 Å². The zero-order chi connectivity index (χ0) is 20.6. The SMILES string of the molecule is CCCCCNc1nc(N)nc2ccn(Cc3cc(OCC#N)ccc3OC)c12. The molecule has 3 N–H and O–H groups in total. The first-order valence-electron chi connectivity index (χ1n) is 9.69. The molecule has 0 amide bonds. The fourth-order valence-electron chi connectivity index (χ4n) is 3.23. The number of aromatic nitrogens is 3. The number of unbranched alkanes of at least 4 members (excludes halogenated alkanes) is 2. The second kappa shape index (κ2) is 9.64. The number of nitrogens with one attached hydrogen (secondary N) is 1.